The lowest BCUT2D eigenvalue weighted by atomic mass is 10.3. The highest BCUT2D eigenvalue weighted by molar-refractivity contribution is 5.86. The van der Waals surface area contributed by atoms with Crippen LogP contribution in [0.3, 0.4) is 0 Å². The fourth-order valence-electron chi connectivity index (χ4n) is 2.48. The maximum absolute atomic E-state index is 11.3. The van der Waals surface area contributed by atoms with Gasteiger partial charge >= 0.3 is 5.97 Å². The Balaban J connectivity index is 1.90. The molecule has 106 valence electrons. The molecule has 1 aliphatic heterocycles. The molecule has 0 amide bonds. The van der Waals surface area contributed by atoms with Crippen molar-refractivity contribution in [2.45, 2.75) is 6.54 Å². The summed E-state index contributed by atoms with van der Waals surface area (Å²) in [5.41, 5.74) is 0.783. The van der Waals surface area contributed by atoms with Gasteiger partial charge in [0.2, 0.25) is 0 Å². The summed E-state index contributed by atoms with van der Waals surface area (Å²) in [5, 5.41) is 17.5. The number of piperazine rings is 1. The summed E-state index contributed by atoms with van der Waals surface area (Å²) >= 11 is 0. The SMILES string of the molecule is CN1CCN(Cc2nnc3cccc(C(=O)O)n23)CC1. The maximum atomic E-state index is 11.3. The normalized spacial score (nSPS) is 17.6. The van der Waals surface area contributed by atoms with Crippen molar-refractivity contribution in [1.29, 1.82) is 0 Å². The first-order chi connectivity index (χ1) is 9.65. The molecule has 0 atom stereocenters. The van der Waals surface area contributed by atoms with Gasteiger partial charge in [-0.2, -0.15) is 0 Å². The molecule has 7 heteroatoms. The number of carbonyl (C=O) groups is 1. The van der Waals surface area contributed by atoms with Gasteiger partial charge in [0.15, 0.2) is 11.5 Å². The molecule has 2 aromatic heterocycles. The molecule has 0 radical (unpaired) electrons. The number of hydrogen-bond acceptors (Lipinski definition) is 5. The van der Waals surface area contributed by atoms with E-state index in [-0.39, 0.29) is 5.69 Å². The van der Waals surface area contributed by atoms with Gasteiger partial charge in [-0.15, -0.1) is 10.2 Å². The van der Waals surface area contributed by atoms with Crippen LogP contribution in [0.2, 0.25) is 0 Å². The fraction of sp³-hybridized carbons (Fsp3) is 0.462. The zero-order chi connectivity index (χ0) is 14.1. The lowest BCUT2D eigenvalue weighted by Crippen LogP contribution is -2.44. The highest BCUT2D eigenvalue weighted by atomic mass is 16.4. The van der Waals surface area contributed by atoms with Crippen LogP contribution >= 0.6 is 0 Å². The van der Waals surface area contributed by atoms with Crippen molar-refractivity contribution in [1.82, 2.24) is 24.4 Å². The van der Waals surface area contributed by atoms with Gasteiger partial charge in [0.25, 0.3) is 0 Å². The average molecular weight is 275 g/mol. The van der Waals surface area contributed by atoms with E-state index in [1.165, 1.54) is 0 Å². The topological polar surface area (TPSA) is 74.0 Å². The molecule has 1 saturated heterocycles. The third-order valence-corrected chi connectivity index (χ3v) is 3.68. The van der Waals surface area contributed by atoms with Crippen molar-refractivity contribution in [2.24, 2.45) is 0 Å². The Morgan fingerprint density at radius 3 is 2.70 bits per heavy atom. The molecule has 7 nitrogen and oxygen atoms in total. The first-order valence-corrected chi connectivity index (χ1v) is 6.62. The molecule has 2 aromatic rings. The van der Waals surface area contributed by atoms with Crippen molar-refractivity contribution in [3.8, 4) is 0 Å². The summed E-state index contributed by atoms with van der Waals surface area (Å²) < 4.78 is 1.63. The molecule has 20 heavy (non-hydrogen) atoms. The molecule has 1 aliphatic rings. The van der Waals surface area contributed by atoms with Gasteiger partial charge in [0, 0.05) is 26.2 Å². The summed E-state index contributed by atoms with van der Waals surface area (Å²) in [7, 11) is 2.10. The molecule has 0 unspecified atom stereocenters. The van der Waals surface area contributed by atoms with E-state index < -0.39 is 5.97 Å². The van der Waals surface area contributed by atoms with E-state index in [1.807, 2.05) is 0 Å². The number of pyridine rings is 1. The number of carboxylic acid groups (broad SMARTS) is 1. The van der Waals surface area contributed by atoms with Gasteiger partial charge in [-0.3, -0.25) is 9.30 Å². The van der Waals surface area contributed by atoms with Crippen molar-refractivity contribution >= 4 is 11.6 Å². The lowest BCUT2D eigenvalue weighted by molar-refractivity contribution is 0.0687. The first-order valence-electron chi connectivity index (χ1n) is 6.62. The molecular weight excluding hydrogens is 258 g/mol. The van der Waals surface area contributed by atoms with E-state index in [1.54, 1.807) is 22.6 Å². The Labute approximate surface area is 116 Å². The number of likely N-dealkylation sites (N-methyl/N-ethyl adjacent to an activating group) is 1. The van der Waals surface area contributed by atoms with Gasteiger partial charge in [-0.25, -0.2) is 4.79 Å². The minimum atomic E-state index is -0.963. The predicted octanol–water partition coefficient (Wildman–Crippen LogP) is 0.175. The molecule has 3 rings (SSSR count). The van der Waals surface area contributed by atoms with Gasteiger partial charge in [0.1, 0.15) is 5.69 Å². The van der Waals surface area contributed by atoms with Crippen molar-refractivity contribution in [3.05, 3.63) is 29.7 Å². The number of rotatable bonds is 3. The Kier molecular flexibility index (Phi) is 3.37. The second-order valence-corrected chi connectivity index (χ2v) is 5.11. The number of aromatic carboxylic acids is 1. The van der Waals surface area contributed by atoms with Crippen molar-refractivity contribution in [3.63, 3.8) is 0 Å². The van der Waals surface area contributed by atoms with Crippen LogP contribution in [0.25, 0.3) is 5.65 Å². The van der Waals surface area contributed by atoms with Crippen LogP contribution in [0.15, 0.2) is 18.2 Å². The summed E-state index contributed by atoms with van der Waals surface area (Å²) in [6.07, 6.45) is 0. The average Bonchev–Trinajstić information content (AvgIpc) is 2.84. The second kappa shape index (κ2) is 5.18. The summed E-state index contributed by atoms with van der Waals surface area (Å²) in [4.78, 5) is 15.9. The molecule has 0 bridgehead atoms. The van der Waals surface area contributed by atoms with E-state index in [0.717, 1.165) is 26.2 Å². The van der Waals surface area contributed by atoms with E-state index in [9.17, 15) is 9.90 Å². The van der Waals surface area contributed by atoms with E-state index in [4.69, 9.17) is 0 Å². The van der Waals surface area contributed by atoms with E-state index >= 15 is 0 Å². The van der Waals surface area contributed by atoms with Gasteiger partial charge in [0.05, 0.1) is 6.54 Å². The van der Waals surface area contributed by atoms with Crippen LogP contribution in [0.1, 0.15) is 16.3 Å². The zero-order valence-electron chi connectivity index (χ0n) is 11.4. The molecular formula is C13H17N5O2. The van der Waals surface area contributed by atoms with Crippen LogP contribution in [0.5, 0.6) is 0 Å². The third-order valence-electron chi connectivity index (χ3n) is 3.68. The maximum Gasteiger partial charge on any atom is 0.352 e. The molecule has 0 saturated carbocycles. The standard InChI is InChI=1S/C13H17N5O2/c1-16-5-7-17(8-6-16)9-12-15-14-11-4-2-3-10(13(19)20)18(11)12/h2-4H,5-9H2,1H3,(H,19,20). The fourth-order valence-corrected chi connectivity index (χ4v) is 2.48. The predicted molar refractivity (Wildman–Crippen MR) is 72.7 cm³/mol. The summed E-state index contributed by atoms with van der Waals surface area (Å²) in [6, 6.07) is 5.03. The van der Waals surface area contributed by atoms with Gasteiger partial charge < -0.3 is 10.0 Å². The van der Waals surface area contributed by atoms with Crippen molar-refractivity contribution in [2.75, 3.05) is 33.2 Å². The Morgan fingerprint density at radius 1 is 1.25 bits per heavy atom. The van der Waals surface area contributed by atoms with Gasteiger partial charge in [-0.05, 0) is 19.2 Å². The van der Waals surface area contributed by atoms with E-state index in [0.29, 0.717) is 18.0 Å². The van der Waals surface area contributed by atoms with Gasteiger partial charge in [-0.1, -0.05) is 6.07 Å². The number of hydrogen-bond donors (Lipinski definition) is 1. The third kappa shape index (κ3) is 2.37. The highest BCUT2D eigenvalue weighted by Gasteiger charge is 2.19. The molecule has 0 spiro atoms. The van der Waals surface area contributed by atoms with Crippen LogP contribution in [0.4, 0.5) is 0 Å². The van der Waals surface area contributed by atoms with Crippen LogP contribution in [0, 0.1) is 0 Å². The molecule has 1 fully saturated rings. The van der Waals surface area contributed by atoms with Crippen LogP contribution in [-0.2, 0) is 6.54 Å². The number of carboxylic acids is 1. The number of nitrogens with zero attached hydrogens (tertiary/aromatic N) is 5. The van der Waals surface area contributed by atoms with Crippen molar-refractivity contribution < 1.29 is 9.90 Å². The number of aromatic nitrogens is 3. The second-order valence-electron chi connectivity index (χ2n) is 5.11. The minimum absolute atomic E-state index is 0.205. The lowest BCUT2D eigenvalue weighted by Gasteiger charge is -2.31. The summed E-state index contributed by atoms with van der Waals surface area (Å²) in [5.74, 6) is -0.280. The molecule has 0 aromatic carbocycles. The Bertz CT molecular complexity index is 631. The minimum Gasteiger partial charge on any atom is -0.477 e. The quantitative estimate of drug-likeness (QED) is 0.861. The largest absolute Gasteiger partial charge is 0.477 e. The first kappa shape index (κ1) is 13.0. The molecule has 3 heterocycles. The summed E-state index contributed by atoms with van der Waals surface area (Å²) in [6.45, 7) is 4.58. The Morgan fingerprint density at radius 2 is 2.00 bits per heavy atom. The van der Waals surface area contributed by atoms with Crippen LogP contribution in [-0.4, -0.2) is 68.7 Å². The Hall–Kier alpha value is -1.99. The van der Waals surface area contributed by atoms with Crippen LogP contribution < -0.4 is 0 Å². The highest BCUT2D eigenvalue weighted by Crippen LogP contribution is 2.12. The molecule has 1 N–H and O–H groups in total. The zero-order valence-corrected chi connectivity index (χ0v) is 11.4. The monoisotopic (exact) mass is 275 g/mol. The smallest absolute Gasteiger partial charge is 0.352 e. The molecule has 0 aliphatic carbocycles. The number of fused-ring (bicyclic) bond motifs is 1. The van der Waals surface area contributed by atoms with E-state index in [2.05, 4.69) is 27.0 Å².